The fourth-order valence-electron chi connectivity index (χ4n) is 1.92. The minimum absolute atomic E-state index is 0.0760. The molecule has 0 unspecified atom stereocenters. The van der Waals surface area contributed by atoms with Crippen LogP contribution in [0.1, 0.15) is 0 Å². The summed E-state index contributed by atoms with van der Waals surface area (Å²) in [5.41, 5.74) is 5.37. The second kappa shape index (κ2) is 6.66. The van der Waals surface area contributed by atoms with Gasteiger partial charge in [-0.3, -0.25) is 9.79 Å². The Morgan fingerprint density at radius 2 is 2.05 bits per heavy atom. The maximum absolute atomic E-state index is 11.9. The molecule has 0 saturated carbocycles. The lowest BCUT2D eigenvalue weighted by molar-refractivity contribution is -0.165. The summed E-state index contributed by atoms with van der Waals surface area (Å²) < 4.78 is 0. The van der Waals surface area contributed by atoms with E-state index in [2.05, 4.69) is 10.3 Å². The van der Waals surface area contributed by atoms with Crippen molar-refractivity contribution in [3.05, 3.63) is 0 Å². The summed E-state index contributed by atoms with van der Waals surface area (Å²) in [4.78, 5) is 16.6. The first-order valence-electron chi connectivity index (χ1n) is 5.83. The first-order valence-corrected chi connectivity index (χ1v) is 5.83. The van der Waals surface area contributed by atoms with Gasteiger partial charge in [-0.1, -0.05) is 0 Å². The Morgan fingerprint density at radius 1 is 1.42 bits per heavy atom. The molecule has 1 heterocycles. The van der Waals surface area contributed by atoms with E-state index >= 15 is 0 Å². The molecule has 1 fully saturated rings. The number of rotatable bonds is 3. The van der Waals surface area contributed by atoms with Crippen LogP contribution in [0.2, 0.25) is 0 Å². The Hall–Kier alpha value is -1.42. The molecule has 1 amide bonds. The van der Waals surface area contributed by atoms with Crippen molar-refractivity contribution in [2.45, 2.75) is 24.4 Å². The lowest BCUT2D eigenvalue weighted by atomic mass is 9.94. The van der Waals surface area contributed by atoms with Crippen LogP contribution in [0.3, 0.4) is 0 Å². The molecular formula is C10H20N4O5. The number of piperidine rings is 1. The Balaban J connectivity index is 2.71. The highest BCUT2D eigenvalue weighted by Crippen LogP contribution is 2.18. The zero-order chi connectivity index (χ0) is 14.6. The summed E-state index contributed by atoms with van der Waals surface area (Å²) in [5.74, 6) is -0.400. The third kappa shape index (κ3) is 3.53. The maximum atomic E-state index is 11.9. The predicted molar refractivity (Wildman–Crippen MR) is 66.2 cm³/mol. The van der Waals surface area contributed by atoms with E-state index in [0.29, 0.717) is 0 Å². The van der Waals surface area contributed by atoms with Gasteiger partial charge in [-0.2, -0.15) is 0 Å². The largest absolute Gasteiger partial charge is 0.394 e. The molecule has 4 atom stereocenters. The van der Waals surface area contributed by atoms with Crippen LogP contribution in [0, 0.1) is 0 Å². The quantitative estimate of drug-likeness (QED) is 0.226. The van der Waals surface area contributed by atoms with Crippen LogP contribution in [0.4, 0.5) is 0 Å². The van der Waals surface area contributed by atoms with Crippen molar-refractivity contribution in [1.82, 2.24) is 10.2 Å². The molecule has 0 aromatic rings. The van der Waals surface area contributed by atoms with E-state index in [1.807, 2.05) is 0 Å². The lowest BCUT2D eigenvalue weighted by Crippen LogP contribution is -2.65. The number of nitrogens with zero attached hydrogens (tertiary/aromatic N) is 2. The molecule has 1 rings (SSSR count). The van der Waals surface area contributed by atoms with Crippen molar-refractivity contribution in [1.29, 1.82) is 0 Å². The minimum atomic E-state index is -1.41. The van der Waals surface area contributed by atoms with Crippen LogP contribution in [0.15, 0.2) is 4.99 Å². The van der Waals surface area contributed by atoms with Gasteiger partial charge in [0.1, 0.15) is 18.3 Å². The van der Waals surface area contributed by atoms with E-state index < -0.39 is 36.9 Å². The highest BCUT2D eigenvalue weighted by Gasteiger charge is 2.42. The van der Waals surface area contributed by atoms with Gasteiger partial charge in [-0.05, 0) is 0 Å². The van der Waals surface area contributed by atoms with Gasteiger partial charge in [0.15, 0.2) is 5.96 Å². The third-order valence-corrected chi connectivity index (χ3v) is 3.09. The van der Waals surface area contributed by atoms with Crippen molar-refractivity contribution in [2.75, 3.05) is 26.7 Å². The normalized spacial score (nSPS) is 32.3. The van der Waals surface area contributed by atoms with Crippen molar-refractivity contribution >= 4 is 11.9 Å². The topological polar surface area (TPSA) is 152 Å². The molecule has 9 heteroatoms. The number of β-amino-alcohol motifs (C(OH)–C–C–N with tert-alkyl or cyclic N) is 1. The minimum Gasteiger partial charge on any atom is -0.394 e. The Kier molecular flexibility index (Phi) is 5.48. The molecule has 0 aromatic heterocycles. The van der Waals surface area contributed by atoms with Crippen LogP contribution < -0.4 is 11.1 Å². The Bertz CT molecular complexity index is 351. The van der Waals surface area contributed by atoms with Gasteiger partial charge in [-0.15, -0.1) is 0 Å². The van der Waals surface area contributed by atoms with Crippen molar-refractivity contribution in [2.24, 2.45) is 10.7 Å². The second-order valence-electron chi connectivity index (χ2n) is 4.31. The van der Waals surface area contributed by atoms with E-state index in [0.717, 1.165) is 4.90 Å². The molecule has 0 bridgehead atoms. The fourth-order valence-corrected chi connectivity index (χ4v) is 1.92. The maximum Gasteiger partial charge on any atom is 0.242 e. The zero-order valence-corrected chi connectivity index (χ0v) is 10.6. The first-order chi connectivity index (χ1) is 8.92. The molecular weight excluding hydrogens is 256 g/mol. The predicted octanol–water partition coefficient (Wildman–Crippen LogP) is -4.19. The van der Waals surface area contributed by atoms with E-state index in [1.165, 1.54) is 7.05 Å². The number of aliphatic hydroxyl groups is 4. The average Bonchev–Trinajstić information content (AvgIpc) is 2.41. The number of hydrogen-bond donors (Lipinski definition) is 6. The standard InChI is InChI=1S/C10H20N4O5/c1-12-10(11)13-2-7(17)14-3-6(16)9(19)8(18)5(14)4-15/h5-6,8-9,15-16,18-19H,2-4H2,1H3,(H3,11,12,13)/t5-,6-,8-,9-/m1/s1. The first kappa shape index (κ1) is 15.6. The van der Waals surface area contributed by atoms with Gasteiger partial charge < -0.3 is 36.4 Å². The molecule has 9 nitrogen and oxygen atoms in total. The summed E-state index contributed by atoms with van der Waals surface area (Å²) in [7, 11) is 1.45. The third-order valence-electron chi connectivity index (χ3n) is 3.09. The number of carbonyl (C=O) groups is 1. The molecule has 7 N–H and O–H groups in total. The van der Waals surface area contributed by atoms with E-state index in [1.54, 1.807) is 0 Å². The SMILES string of the molecule is CN=C(N)NCC(=O)N1C[C@@H](O)[C@@H](O)[C@H](O)[C@H]1CO. The number of nitrogens with one attached hydrogen (secondary N) is 1. The highest BCUT2D eigenvalue weighted by atomic mass is 16.4. The van der Waals surface area contributed by atoms with E-state index in [9.17, 15) is 25.2 Å². The van der Waals surface area contributed by atoms with Crippen molar-refractivity contribution in [3.63, 3.8) is 0 Å². The smallest absolute Gasteiger partial charge is 0.242 e. The molecule has 0 radical (unpaired) electrons. The van der Waals surface area contributed by atoms with Crippen molar-refractivity contribution < 1.29 is 25.2 Å². The molecule has 110 valence electrons. The van der Waals surface area contributed by atoms with Crippen LogP contribution in [0.25, 0.3) is 0 Å². The molecule has 0 spiro atoms. The van der Waals surface area contributed by atoms with Gasteiger partial charge in [-0.25, -0.2) is 0 Å². The summed E-state index contributed by atoms with van der Waals surface area (Å²) in [6.07, 6.45) is -4.06. The van der Waals surface area contributed by atoms with Crippen LogP contribution in [-0.4, -0.2) is 88.3 Å². The van der Waals surface area contributed by atoms with Crippen molar-refractivity contribution in [3.8, 4) is 0 Å². The van der Waals surface area contributed by atoms with Gasteiger partial charge in [0.05, 0.1) is 19.2 Å². The Morgan fingerprint density at radius 3 is 2.58 bits per heavy atom. The van der Waals surface area contributed by atoms with Gasteiger partial charge >= 0.3 is 0 Å². The molecule has 1 saturated heterocycles. The number of likely N-dealkylation sites (tertiary alicyclic amines) is 1. The van der Waals surface area contributed by atoms with E-state index in [-0.39, 0.29) is 19.0 Å². The number of carbonyl (C=O) groups excluding carboxylic acids is 1. The Labute approximate surface area is 110 Å². The second-order valence-corrected chi connectivity index (χ2v) is 4.31. The molecule has 1 aliphatic rings. The van der Waals surface area contributed by atoms with Crippen LogP contribution >= 0.6 is 0 Å². The molecule has 19 heavy (non-hydrogen) atoms. The summed E-state index contributed by atoms with van der Waals surface area (Å²) in [5, 5.41) is 40.5. The fraction of sp³-hybridized carbons (Fsp3) is 0.800. The number of nitrogens with two attached hydrogens (primary N) is 1. The zero-order valence-electron chi connectivity index (χ0n) is 10.6. The number of aliphatic imine (C=N–C) groups is 1. The molecule has 0 aromatic carbocycles. The lowest BCUT2D eigenvalue weighted by Gasteiger charge is -2.43. The summed E-state index contributed by atoms with van der Waals surface area (Å²) in [6.45, 7) is -0.879. The average molecular weight is 276 g/mol. The van der Waals surface area contributed by atoms with Gasteiger partial charge in [0.2, 0.25) is 5.91 Å². The number of amides is 1. The highest BCUT2D eigenvalue weighted by molar-refractivity contribution is 5.85. The molecule has 1 aliphatic heterocycles. The summed E-state index contributed by atoms with van der Waals surface area (Å²) in [6, 6.07) is -0.965. The number of guanidine groups is 1. The van der Waals surface area contributed by atoms with Gasteiger partial charge in [0, 0.05) is 13.6 Å². The van der Waals surface area contributed by atoms with Crippen LogP contribution in [0.5, 0.6) is 0 Å². The van der Waals surface area contributed by atoms with Gasteiger partial charge in [0.25, 0.3) is 0 Å². The summed E-state index contributed by atoms with van der Waals surface area (Å²) >= 11 is 0. The number of hydrogen-bond acceptors (Lipinski definition) is 6. The molecule has 0 aliphatic carbocycles. The van der Waals surface area contributed by atoms with E-state index in [4.69, 9.17) is 5.73 Å². The number of aliphatic hydroxyl groups excluding tert-OH is 4. The monoisotopic (exact) mass is 276 g/mol. The van der Waals surface area contributed by atoms with Crippen LogP contribution in [-0.2, 0) is 4.79 Å².